The van der Waals surface area contributed by atoms with Crippen LogP contribution in [0.4, 0.5) is 0 Å². The van der Waals surface area contributed by atoms with E-state index >= 15 is 0 Å². The Hall–Kier alpha value is -1.94. The van der Waals surface area contributed by atoms with Crippen molar-refractivity contribution in [2.24, 2.45) is 5.16 Å². The maximum absolute atomic E-state index is 11.1. The third-order valence-electron chi connectivity index (χ3n) is 3.61. The number of halogens is 1. The van der Waals surface area contributed by atoms with E-state index in [9.17, 15) is 4.79 Å². The zero-order valence-corrected chi connectivity index (χ0v) is 15.6. The molecule has 1 unspecified atom stereocenters. The molecular weight excluding hydrogens is 439 g/mol. The van der Waals surface area contributed by atoms with Crippen LogP contribution in [0.1, 0.15) is 42.2 Å². The average Bonchev–Trinajstić information content (AvgIpc) is 2.95. The van der Waals surface area contributed by atoms with Crippen LogP contribution in [0.15, 0.2) is 40.0 Å². The molecular formula is C17H19IN2O5. The van der Waals surface area contributed by atoms with Gasteiger partial charge in [-0.2, -0.15) is 0 Å². The maximum Gasteiger partial charge on any atom is 0.304 e. The van der Waals surface area contributed by atoms with Gasteiger partial charge in [-0.15, -0.1) is 0 Å². The van der Waals surface area contributed by atoms with Crippen LogP contribution >= 0.6 is 22.6 Å². The summed E-state index contributed by atoms with van der Waals surface area (Å²) in [4.78, 5) is 11.1. The number of nitrogens with zero attached hydrogens (tertiary/aromatic N) is 2. The molecule has 2 rings (SSSR count). The molecule has 8 heteroatoms. The van der Waals surface area contributed by atoms with Gasteiger partial charge in [-0.25, -0.2) is 0 Å². The van der Waals surface area contributed by atoms with Gasteiger partial charge < -0.3 is 19.6 Å². The van der Waals surface area contributed by atoms with Crippen molar-refractivity contribution in [2.75, 3.05) is 6.61 Å². The highest BCUT2D eigenvalue weighted by molar-refractivity contribution is 14.1. The molecule has 134 valence electrons. The summed E-state index contributed by atoms with van der Waals surface area (Å²) < 4.78 is 11.6. The Morgan fingerprint density at radius 1 is 1.40 bits per heavy atom. The monoisotopic (exact) mass is 458 g/mol. The standard InChI is InChI=1S/C17H19IN2O5/c18-16-14(10-19-23)20-25-17(16)13(9-15(21)22)7-4-8-24-11-12-5-2-1-3-6-12/h1-3,5-6,10,13,23H,4,7-9,11H2,(H,21,22). The number of carboxylic acid groups (broad SMARTS) is 1. The summed E-state index contributed by atoms with van der Waals surface area (Å²) in [5.74, 6) is -0.709. The van der Waals surface area contributed by atoms with Crippen molar-refractivity contribution in [2.45, 2.75) is 31.8 Å². The minimum atomic E-state index is -0.903. The van der Waals surface area contributed by atoms with Gasteiger partial charge in [-0.05, 0) is 41.0 Å². The number of aromatic nitrogens is 1. The second kappa shape index (κ2) is 10.1. The van der Waals surface area contributed by atoms with E-state index < -0.39 is 5.97 Å². The minimum absolute atomic E-state index is 0.0560. The summed E-state index contributed by atoms with van der Waals surface area (Å²) in [7, 11) is 0. The third-order valence-corrected chi connectivity index (χ3v) is 4.69. The van der Waals surface area contributed by atoms with E-state index in [4.69, 9.17) is 19.6 Å². The Morgan fingerprint density at radius 3 is 2.84 bits per heavy atom. The molecule has 0 amide bonds. The summed E-state index contributed by atoms with van der Waals surface area (Å²) in [5, 5.41) is 24.5. The minimum Gasteiger partial charge on any atom is -0.481 e. The van der Waals surface area contributed by atoms with Gasteiger partial charge in [0.1, 0.15) is 5.69 Å². The highest BCUT2D eigenvalue weighted by Crippen LogP contribution is 2.30. The third kappa shape index (κ3) is 6.13. The molecule has 0 bridgehead atoms. The van der Waals surface area contributed by atoms with Crippen molar-refractivity contribution in [1.29, 1.82) is 0 Å². The fraction of sp³-hybridized carbons (Fsp3) is 0.353. The van der Waals surface area contributed by atoms with Crippen LogP contribution in [0.2, 0.25) is 0 Å². The number of benzene rings is 1. The first-order valence-electron chi connectivity index (χ1n) is 7.77. The summed E-state index contributed by atoms with van der Waals surface area (Å²) >= 11 is 2.01. The molecule has 1 aromatic heterocycles. The molecule has 1 aromatic carbocycles. The predicted octanol–water partition coefficient (Wildman–Crippen LogP) is 3.64. The lowest BCUT2D eigenvalue weighted by atomic mass is 9.96. The molecule has 0 fully saturated rings. The lowest BCUT2D eigenvalue weighted by Gasteiger charge is -2.12. The van der Waals surface area contributed by atoms with Gasteiger partial charge in [0.2, 0.25) is 0 Å². The number of oxime groups is 1. The molecule has 1 heterocycles. The number of carbonyl (C=O) groups is 1. The van der Waals surface area contributed by atoms with Crippen molar-refractivity contribution in [3.05, 3.63) is 50.9 Å². The molecule has 2 N–H and O–H groups in total. The highest BCUT2D eigenvalue weighted by Gasteiger charge is 2.24. The van der Waals surface area contributed by atoms with Crippen LogP contribution in [-0.4, -0.2) is 34.3 Å². The highest BCUT2D eigenvalue weighted by atomic mass is 127. The Labute approximate surface area is 158 Å². The van der Waals surface area contributed by atoms with Crippen molar-refractivity contribution < 1.29 is 24.4 Å². The van der Waals surface area contributed by atoms with Crippen molar-refractivity contribution in [1.82, 2.24) is 5.16 Å². The second-order valence-corrected chi connectivity index (χ2v) is 6.54. The second-order valence-electron chi connectivity index (χ2n) is 5.47. The largest absolute Gasteiger partial charge is 0.481 e. The van der Waals surface area contributed by atoms with Crippen LogP contribution in [-0.2, 0) is 16.1 Å². The number of ether oxygens (including phenoxy) is 1. The Bertz CT molecular complexity index is 702. The number of carboxylic acids is 1. The van der Waals surface area contributed by atoms with E-state index in [2.05, 4.69) is 10.3 Å². The van der Waals surface area contributed by atoms with Crippen molar-refractivity contribution in [3.63, 3.8) is 0 Å². The van der Waals surface area contributed by atoms with E-state index in [0.29, 0.717) is 41.1 Å². The topological polar surface area (TPSA) is 105 Å². The van der Waals surface area contributed by atoms with Gasteiger partial charge in [0.15, 0.2) is 5.76 Å². The molecule has 1 atom stereocenters. The van der Waals surface area contributed by atoms with Crippen LogP contribution in [0, 0.1) is 3.57 Å². The van der Waals surface area contributed by atoms with Crippen LogP contribution < -0.4 is 0 Å². The van der Waals surface area contributed by atoms with Gasteiger partial charge >= 0.3 is 5.97 Å². The van der Waals surface area contributed by atoms with Gasteiger partial charge in [-0.3, -0.25) is 4.79 Å². The lowest BCUT2D eigenvalue weighted by molar-refractivity contribution is -0.137. The molecule has 0 aliphatic heterocycles. The maximum atomic E-state index is 11.1. The SMILES string of the molecule is O=C(O)CC(CCCOCc1ccccc1)c1onc(C=NO)c1I. The fourth-order valence-electron chi connectivity index (χ4n) is 2.43. The number of hydrogen-bond donors (Lipinski definition) is 2. The molecule has 0 saturated heterocycles. The summed E-state index contributed by atoms with van der Waals surface area (Å²) in [6.45, 7) is 1.06. The summed E-state index contributed by atoms with van der Waals surface area (Å²) in [6, 6.07) is 9.86. The van der Waals surface area contributed by atoms with Crippen molar-refractivity contribution in [3.8, 4) is 0 Å². The summed E-state index contributed by atoms with van der Waals surface area (Å²) in [5.41, 5.74) is 1.48. The molecule has 2 aromatic rings. The molecule has 0 spiro atoms. The molecule has 7 nitrogen and oxygen atoms in total. The molecule has 25 heavy (non-hydrogen) atoms. The number of aliphatic carboxylic acids is 1. The van der Waals surface area contributed by atoms with E-state index in [1.165, 1.54) is 0 Å². The van der Waals surface area contributed by atoms with Crippen LogP contribution in [0.3, 0.4) is 0 Å². The number of rotatable bonds is 10. The van der Waals surface area contributed by atoms with E-state index in [0.717, 1.165) is 11.8 Å². The number of hydrogen-bond acceptors (Lipinski definition) is 6. The predicted molar refractivity (Wildman–Crippen MR) is 98.9 cm³/mol. The quantitative estimate of drug-likeness (QED) is 0.185. The summed E-state index contributed by atoms with van der Waals surface area (Å²) in [6.07, 6.45) is 2.40. The van der Waals surface area contributed by atoms with Gasteiger partial charge in [0, 0.05) is 12.5 Å². The first-order valence-corrected chi connectivity index (χ1v) is 8.85. The van der Waals surface area contributed by atoms with Gasteiger partial charge in [0.25, 0.3) is 0 Å². The van der Waals surface area contributed by atoms with Gasteiger partial charge in [-0.1, -0.05) is 40.6 Å². The first-order chi connectivity index (χ1) is 12.1. The molecule has 0 radical (unpaired) electrons. The average molecular weight is 458 g/mol. The Kier molecular flexibility index (Phi) is 7.86. The van der Waals surface area contributed by atoms with Gasteiger partial charge in [0.05, 0.1) is 22.8 Å². The molecule has 0 aliphatic rings. The van der Waals surface area contributed by atoms with Crippen LogP contribution in [0.25, 0.3) is 0 Å². The zero-order chi connectivity index (χ0) is 18.1. The Morgan fingerprint density at radius 2 is 2.16 bits per heavy atom. The smallest absolute Gasteiger partial charge is 0.304 e. The Balaban J connectivity index is 1.88. The van der Waals surface area contributed by atoms with E-state index in [1.807, 2.05) is 52.9 Å². The van der Waals surface area contributed by atoms with Crippen molar-refractivity contribution >= 4 is 34.8 Å². The molecule has 0 saturated carbocycles. The van der Waals surface area contributed by atoms with E-state index in [-0.39, 0.29) is 12.3 Å². The lowest BCUT2D eigenvalue weighted by Crippen LogP contribution is -2.08. The molecule has 0 aliphatic carbocycles. The fourth-order valence-corrected chi connectivity index (χ4v) is 3.20. The van der Waals surface area contributed by atoms with Crippen LogP contribution in [0.5, 0.6) is 0 Å². The zero-order valence-electron chi connectivity index (χ0n) is 13.5. The van der Waals surface area contributed by atoms with E-state index in [1.54, 1.807) is 0 Å². The normalized spacial score (nSPS) is 12.5. The first kappa shape index (κ1) is 19.4.